The van der Waals surface area contributed by atoms with E-state index in [-0.39, 0.29) is 5.41 Å². The van der Waals surface area contributed by atoms with Gasteiger partial charge in [0.2, 0.25) is 5.91 Å². The van der Waals surface area contributed by atoms with Gasteiger partial charge in [-0.05, 0) is 61.3 Å². The molecule has 5 rings (SSSR count). The molecule has 2 saturated heterocycles. The minimum Gasteiger partial charge on any atom is -0.381 e. The Morgan fingerprint density at radius 2 is 1.87 bits per heavy atom. The van der Waals surface area contributed by atoms with Crippen molar-refractivity contribution in [3.05, 3.63) is 78.0 Å². The predicted octanol–water partition coefficient (Wildman–Crippen LogP) is 4.67. The zero-order chi connectivity index (χ0) is 21.1. The molecule has 1 amide bonds. The van der Waals surface area contributed by atoms with Gasteiger partial charge in [-0.1, -0.05) is 48.5 Å². The van der Waals surface area contributed by atoms with Crippen LogP contribution in [-0.4, -0.2) is 42.1 Å². The number of hydrogen-bond acceptors (Lipinski definition) is 3. The summed E-state index contributed by atoms with van der Waals surface area (Å²) in [6.45, 7) is 3.08. The Bertz CT molecular complexity index is 1040. The monoisotopic (exact) mass is 414 g/mol. The highest BCUT2D eigenvalue weighted by molar-refractivity contribution is 5.84. The van der Waals surface area contributed by atoms with Gasteiger partial charge in [0.15, 0.2) is 0 Å². The molecule has 0 radical (unpaired) electrons. The summed E-state index contributed by atoms with van der Waals surface area (Å²) in [5.74, 6) is 0.838. The second-order valence-corrected chi connectivity index (χ2v) is 9.15. The van der Waals surface area contributed by atoms with E-state index in [1.165, 1.54) is 16.5 Å². The second kappa shape index (κ2) is 8.80. The average molecular weight is 415 g/mol. The summed E-state index contributed by atoms with van der Waals surface area (Å²) >= 11 is 0. The fourth-order valence-electron chi connectivity index (χ4n) is 5.39. The summed E-state index contributed by atoms with van der Waals surface area (Å²) in [5, 5.41) is 1.24. The fraction of sp³-hybridized carbons (Fsp3) is 0.407. The molecule has 0 spiro atoms. The van der Waals surface area contributed by atoms with Crippen LogP contribution in [0, 0.1) is 11.3 Å². The molecular formula is C27H30N2O2. The number of carbonyl (C=O) groups excluding carboxylic acids is 1. The van der Waals surface area contributed by atoms with Crippen LogP contribution in [0.4, 0.5) is 0 Å². The number of fused-ring (bicyclic) bond motifs is 1. The van der Waals surface area contributed by atoms with E-state index in [0.29, 0.717) is 25.0 Å². The van der Waals surface area contributed by atoms with Crippen LogP contribution in [0.1, 0.15) is 30.4 Å². The van der Waals surface area contributed by atoms with Crippen molar-refractivity contribution >= 4 is 16.8 Å². The van der Waals surface area contributed by atoms with Gasteiger partial charge in [0, 0.05) is 37.9 Å². The van der Waals surface area contributed by atoms with Crippen LogP contribution in [-0.2, 0) is 22.4 Å². The molecule has 0 aliphatic carbocycles. The number of likely N-dealkylation sites (tertiary alicyclic amines) is 1. The molecule has 1 atom stereocenters. The zero-order valence-corrected chi connectivity index (χ0v) is 18.0. The first kappa shape index (κ1) is 20.2. The zero-order valence-electron chi connectivity index (χ0n) is 18.0. The third-order valence-electron chi connectivity index (χ3n) is 7.11. The van der Waals surface area contributed by atoms with Crippen molar-refractivity contribution in [3.8, 4) is 0 Å². The van der Waals surface area contributed by atoms with Crippen LogP contribution in [0.3, 0.4) is 0 Å². The van der Waals surface area contributed by atoms with E-state index in [2.05, 4.69) is 58.4 Å². The number of carbonyl (C=O) groups is 1. The standard InChI is InChI=1S/C27H30N2O2/c30-26(27(12-16-31-17-13-27)19-21-6-2-1-3-7-21)29-15-11-22(20-29)18-23-8-4-10-25-24(23)9-5-14-28-25/h1-10,14,22H,11-13,15-20H2/t22-/m1/s1. The van der Waals surface area contributed by atoms with E-state index >= 15 is 0 Å². The Hall–Kier alpha value is -2.72. The maximum absolute atomic E-state index is 13.8. The molecule has 31 heavy (non-hydrogen) atoms. The molecule has 2 aliphatic rings. The minimum absolute atomic E-state index is 0.322. The first-order valence-corrected chi connectivity index (χ1v) is 11.5. The lowest BCUT2D eigenvalue weighted by Gasteiger charge is -2.39. The largest absolute Gasteiger partial charge is 0.381 e. The van der Waals surface area contributed by atoms with E-state index in [1.54, 1.807) is 0 Å². The lowest BCUT2D eigenvalue weighted by atomic mass is 9.74. The molecule has 0 bridgehead atoms. The van der Waals surface area contributed by atoms with E-state index in [9.17, 15) is 4.79 Å². The van der Waals surface area contributed by atoms with Crippen molar-refractivity contribution in [2.24, 2.45) is 11.3 Å². The summed E-state index contributed by atoms with van der Waals surface area (Å²) in [6.07, 6.45) is 6.37. The summed E-state index contributed by atoms with van der Waals surface area (Å²) < 4.78 is 5.64. The molecular weight excluding hydrogens is 384 g/mol. The number of aromatic nitrogens is 1. The normalized spacial score (nSPS) is 20.8. The van der Waals surface area contributed by atoms with Gasteiger partial charge in [0.1, 0.15) is 0 Å². The molecule has 2 aliphatic heterocycles. The number of ether oxygens (including phenoxy) is 1. The molecule has 0 unspecified atom stereocenters. The summed E-state index contributed by atoms with van der Waals surface area (Å²) in [4.78, 5) is 20.4. The first-order valence-electron chi connectivity index (χ1n) is 11.5. The topological polar surface area (TPSA) is 42.4 Å². The van der Waals surface area contributed by atoms with Gasteiger partial charge in [-0.2, -0.15) is 0 Å². The van der Waals surface area contributed by atoms with Gasteiger partial charge in [0.25, 0.3) is 0 Å². The molecule has 3 heterocycles. The van der Waals surface area contributed by atoms with Crippen LogP contribution < -0.4 is 0 Å². The molecule has 2 fully saturated rings. The van der Waals surface area contributed by atoms with Crippen molar-refractivity contribution in [2.45, 2.75) is 32.1 Å². The van der Waals surface area contributed by atoms with Crippen molar-refractivity contribution in [3.63, 3.8) is 0 Å². The van der Waals surface area contributed by atoms with Crippen molar-refractivity contribution in [2.75, 3.05) is 26.3 Å². The maximum Gasteiger partial charge on any atom is 0.229 e. The first-order chi connectivity index (χ1) is 15.2. The molecule has 4 heteroatoms. The number of pyridine rings is 1. The van der Waals surface area contributed by atoms with Gasteiger partial charge in [-0.15, -0.1) is 0 Å². The maximum atomic E-state index is 13.8. The fourth-order valence-corrected chi connectivity index (χ4v) is 5.39. The van der Waals surface area contributed by atoms with Crippen LogP contribution in [0.25, 0.3) is 10.9 Å². The molecule has 0 N–H and O–H groups in total. The lowest BCUT2D eigenvalue weighted by Crippen LogP contribution is -2.47. The average Bonchev–Trinajstić information content (AvgIpc) is 3.28. The minimum atomic E-state index is -0.322. The molecule has 1 aromatic heterocycles. The van der Waals surface area contributed by atoms with E-state index in [0.717, 1.165) is 50.7 Å². The third-order valence-corrected chi connectivity index (χ3v) is 7.11. The van der Waals surface area contributed by atoms with Crippen LogP contribution in [0.15, 0.2) is 66.9 Å². The second-order valence-electron chi connectivity index (χ2n) is 9.15. The number of rotatable bonds is 5. The van der Waals surface area contributed by atoms with E-state index in [4.69, 9.17) is 4.74 Å². The summed E-state index contributed by atoms with van der Waals surface area (Å²) in [7, 11) is 0. The molecule has 2 aromatic carbocycles. The summed E-state index contributed by atoms with van der Waals surface area (Å²) in [6, 6.07) is 21.0. The number of benzene rings is 2. The van der Waals surface area contributed by atoms with Crippen LogP contribution in [0.2, 0.25) is 0 Å². The molecule has 0 saturated carbocycles. The van der Waals surface area contributed by atoms with E-state index in [1.807, 2.05) is 18.3 Å². The number of amides is 1. The molecule has 4 nitrogen and oxygen atoms in total. The van der Waals surface area contributed by atoms with Gasteiger partial charge in [0.05, 0.1) is 10.9 Å². The van der Waals surface area contributed by atoms with Crippen LogP contribution in [0.5, 0.6) is 0 Å². The van der Waals surface area contributed by atoms with Gasteiger partial charge < -0.3 is 9.64 Å². The highest BCUT2D eigenvalue weighted by Gasteiger charge is 2.44. The van der Waals surface area contributed by atoms with Gasteiger partial charge in [-0.25, -0.2) is 0 Å². The number of nitrogens with zero attached hydrogens (tertiary/aromatic N) is 2. The van der Waals surface area contributed by atoms with E-state index < -0.39 is 0 Å². The Morgan fingerprint density at radius 3 is 2.71 bits per heavy atom. The third kappa shape index (κ3) is 4.22. The predicted molar refractivity (Wildman–Crippen MR) is 123 cm³/mol. The Kier molecular flexibility index (Phi) is 5.73. The van der Waals surface area contributed by atoms with Crippen LogP contribution >= 0.6 is 0 Å². The number of hydrogen-bond donors (Lipinski definition) is 0. The lowest BCUT2D eigenvalue weighted by molar-refractivity contribution is -0.147. The highest BCUT2D eigenvalue weighted by atomic mass is 16.5. The Balaban J connectivity index is 1.31. The quantitative estimate of drug-likeness (QED) is 0.610. The molecule has 160 valence electrons. The Morgan fingerprint density at radius 1 is 1.03 bits per heavy atom. The smallest absolute Gasteiger partial charge is 0.229 e. The van der Waals surface area contributed by atoms with Gasteiger partial charge in [-0.3, -0.25) is 9.78 Å². The van der Waals surface area contributed by atoms with Crippen molar-refractivity contribution < 1.29 is 9.53 Å². The Labute approximate surface area is 184 Å². The van der Waals surface area contributed by atoms with Crippen molar-refractivity contribution in [1.82, 2.24) is 9.88 Å². The molecule has 3 aromatic rings. The highest BCUT2D eigenvalue weighted by Crippen LogP contribution is 2.38. The SMILES string of the molecule is O=C(N1CC[C@H](Cc2cccc3ncccc23)C1)C1(Cc2ccccc2)CCOCC1. The van der Waals surface area contributed by atoms with Crippen molar-refractivity contribution in [1.29, 1.82) is 0 Å². The summed E-state index contributed by atoms with van der Waals surface area (Å²) in [5.41, 5.74) is 3.32. The van der Waals surface area contributed by atoms with Gasteiger partial charge >= 0.3 is 0 Å².